The topological polar surface area (TPSA) is 83.6 Å². The van der Waals surface area contributed by atoms with E-state index in [9.17, 15) is 13.5 Å². The van der Waals surface area contributed by atoms with Gasteiger partial charge in [0.1, 0.15) is 4.21 Å². The molecule has 1 rings (SSSR count). The van der Waals surface area contributed by atoms with E-state index >= 15 is 0 Å². The molecule has 0 aliphatic rings. The Bertz CT molecular complexity index is 388. The lowest BCUT2D eigenvalue weighted by molar-refractivity contribution is 0.160. The van der Waals surface area contributed by atoms with Crippen molar-refractivity contribution >= 4 is 21.4 Å². The zero-order valence-electron chi connectivity index (χ0n) is 8.33. The molecule has 0 saturated carbocycles. The van der Waals surface area contributed by atoms with Crippen LogP contribution in [0.4, 0.5) is 0 Å². The summed E-state index contributed by atoms with van der Waals surface area (Å²) in [5.74, 6) is 0. The molecule has 0 aliphatic carbocycles. The van der Waals surface area contributed by atoms with E-state index in [1.54, 1.807) is 11.4 Å². The van der Waals surface area contributed by atoms with Gasteiger partial charge in [-0.3, -0.25) is 0 Å². The van der Waals surface area contributed by atoms with Crippen molar-refractivity contribution in [3.05, 3.63) is 17.5 Å². The molecule has 1 aromatic heterocycles. The van der Waals surface area contributed by atoms with Crippen LogP contribution >= 0.6 is 11.3 Å². The molecule has 0 spiro atoms. The minimum atomic E-state index is -3.46. The van der Waals surface area contributed by atoms with Crippen LogP contribution in [0.1, 0.15) is 0 Å². The summed E-state index contributed by atoms with van der Waals surface area (Å²) in [7, 11) is -2.04. The zero-order valence-corrected chi connectivity index (χ0v) is 9.96. The highest BCUT2D eigenvalue weighted by atomic mass is 32.2. The molecule has 0 radical (unpaired) electrons. The second kappa shape index (κ2) is 5.04. The fourth-order valence-electron chi connectivity index (χ4n) is 1.03. The highest BCUT2D eigenvalue weighted by Gasteiger charge is 2.23. The van der Waals surface area contributed by atoms with Crippen LogP contribution in [-0.2, 0) is 10.0 Å². The summed E-state index contributed by atoms with van der Waals surface area (Å²) in [5, 5.41) is 11.0. The Labute approximate surface area is 93.2 Å². The average Bonchev–Trinajstić information content (AvgIpc) is 2.70. The van der Waals surface area contributed by atoms with Crippen molar-refractivity contribution in [3.8, 4) is 0 Å². The molecule has 0 aromatic carbocycles. The van der Waals surface area contributed by atoms with Crippen molar-refractivity contribution in [2.75, 3.05) is 20.1 Å². The Kier molecular flexibility index (Phi) is 4.23. The normalized spacial score (nSPS) is 14.4. The fourth-order valence-corrected chi connectivity index (χ4v) is 3.44. The molecule has 1 atom stereocenters. The van der Waals surface area contributed by atoms with Crippen LogP contribution in [0.15, 0.2) is 21.7 Å². The van der Waals surface area contributed by atoms with Gasteiger partial charge in [-0.1, -0.05) is 6.07 Å². The van der Waals surface area contributed by atoms with Gasteiger partial charge in [0.25, 0.3) is 10.0 Å². The molecule has 86 valence electrons. The third-order valence-corrected chi connectivity index (χ3v) is 5.10. The number of rotatable bonds is 5. The van der Waals surface area contributed by atoms with E-state index in [1.165, 1.54) is 13.1 Å². The third kappa shape index (κ3) is 2.99. The molecular formula is C8H14N2O3S2. The second-order valence-corrected chi connectivity index (χ2v) is 6.33. The predicted octanol–water partition coefficient (Wildman–Crippen LogP) is -0.312. The highest BCUT2D eigenvalue weighted by Crippen LogP contribution is 2.19. The molecule has 0 bridgehead atoms. The van der Waals surface area contributed by atoms with E-state index < -0.39 is 16.1 Å². The number of aliphatic hydroxyl groups is 1. The molecule has 1 unspecified atom stereocenters. The Morgan fingerprint density at radius 1 is 1.67 bits per heavy atom. The maximum Gasteiger partial charge on any atom is 0.252 e. The van der Waals surface area contributed by atoms with Gasteiger partial charge in [0.15, 0.2) is 0 Å². The number of nitrogens with zero attached hydrogens (tertiary/aromatic N) is 1. The van der Waals surface area contributed by atoms with Gasteiger partial charge in [0.2, 0.25) is 0 Å². The number of nitrogens with two attached hydrogens (primary N) is 1. The van der Waals surface area contributed by atoms with Crippen LogP contribution in [0.5, 0.6) is 0 Å². The Morgan fingerprint density at radius 3 is 2.80 bits per heavy atom. The third-order valence-electron chi connectivity index (χ3n) is 1.90. The molecule has 15 heavy (non-hydrogen) atoms. The first kappa shape index (κ1) is 12.6. The zero-order chi connectivity index (χ0) is 11.5. The molecule has 0 fully saturated rings. The van der Waals surface area contributed by atoms with Crippen LogP contribution < -0.4 is 5.73 Å². The monoisotopic (exact) mass is 250 g/mol. The molecule has 3 N–H and O–H groups in total. The van der Waals surface area contributed by atoms with Crippen LogP contribution in [0, 0.1) is 0 Å². The van der Waals surface area contributed by atoms with Gasteiger partial charge in [-0.15, -0.1) is 11.3 Å². The van der Waals surface area contributed by atoms with Crippen LogP contribution in [-0.4, -0.2) is 44.1 Å². The minimum absolute atomic E-state index is 0.0106. The van der Waals surface area contributed by atoms with Crippen LogP contribution in [0.3, 0.4) is 0 Å². The smallest absolute Gasteiger partial charge is 0.252 e. The van der Waals surface area contributed by atoms with Gasteiger partial charge in [0, 0.05) is 20.1 Å². The SMILES string of the molecule is CN(CC(O)CN)S(=O)(=O)c1cccs1. The first-order valence-corrected chi connectivity index (χ1v) is 6.68. The van der Waals surface area contributed by atoms with Crippen molar-refractivity contribution in [3.63, 3.8) is 0 Å². The Morgan fingerprint density at radius 2 is 2.33 bits per heavy atom. The van der Waals surface area contributed by atoms with Gasteiger partial charge >= 0.3 is 0 Å². The summed E-state index contributed by atoms with van der Waals surface area (Å²) >= 11 is 1.15. The van der Waals surface area contributed by atoms with E-state index in [0.717, 1.165) is 15.6 Å². The quantitative estimate of drug-likeness (QED) is 0.751. The summed E-state index contributed by atoms with van der Waals surface area (Å²) in [4.78, 5) is 0. The standard InChI is InChI=1S/C8H14N2O3S2/c1-10(6-7(11)5-9)15(12,13)8-3-2-4-14-8/h2-4,7,11H,5-6,9H2,1H3. The Balaban J connectivity index is 2.79. The van der Waals surface area contributed by atoms with Crippen LogP contribution in [0.25, 0.3) is 0 Å². The molecule has 1 aromatic rings. The summed E-state index contributed by atoms with van der Waals surface area (Å²) in [6.45, 7) is 0.0566. The number of thiophene rings is 1. The molecular weight excluding hydrogens is 236 g/mol. The average molecular weight is 250 g/mol. The number of hydrogen-bond acceptors (Lipinski definition) is 5. The first-order chi connectivity index (χ1) is 6.98. The van der Waals surface area contributed by atoms with Gasteiger partial charge < -0.3 is 10.8 Å². The fraction of sp³-hybridized carbons (Fsp3) is 0.500. The lowest BCUT2D eigenvalue weighted by Crippen LogP contribution is -2.37. The van der Waals surface area contributed by atoms with Gasteiger partial charge in [-0.2, -0.15) is 4.31 Å². The van der Waals surface area contributed by atoms with E-state index in [-0.39, 0.29) is 17.3 Å². The molecule has 0 saturated heterocycles. The number of hydrogen-bond donors (Lipinski definition) is 2. The van der Waals surface area contributed by atoms with Gasteiger partial charge in [-0.25, -0.2) is 8.42 Å². The van der Waals surface area contributed by atoms with Crippen molar-refractivity contribution in [1.29, 1.82) is 0 Å². The largest absolute Gasteiger partial charge is 0.390 e. The summed E-state index contributed by atoms with van der Waals surface area (Å²) in [6, 6.07) is 3.20. The molecule has 0 amide bonds. The Hall–Kier alpha value is -0.470. The van der Waals surface area contributed by atoms with E-state index in [2.05, 4.69) is 0 Å². The minimum Gasteiger partial charge on any atom is -0.390 e. The van der Waals surface area contributed by atoms with Gasteiger partial charge in [-0.05, 0) is 11.4 Å². The van der Waals surface area contributed by atoms with Crippen molar-refractivity contribution in [2.24, 2.45) is 5.73 Å². The summed E-state index contributed by atoms with van der Waals surface area (Å²) in [5.41, 5.74) is 5.21. The number of likely N-dealkylation sites (N-methyl/N-ethyl adjacent to an activating group) is 1. The van der Waals surface area contributed by atoms with Gasteiger partial charge in [0.05, 0.1) is 6.10 Å². The molecule has 0 aliphatic heterocycles. The predicted molar refractivity (Wildman–Crippen MR) is 59.2 cm³/mol. The van der Waals surface area contributed by atoms with E-state index in [0.29, 0.717) is 0 Å². The maximum atomic E-state index is 11.8. The van der Waals surface area contributed by atoms with Crippen molar-refractivity contribution < 1.29 is 13.5 Å². The number of aliphatic hydroxyl groups excluding tert-OH is 1. The molecule has 7 heteroatoms. The first-order valence-electron chi connectivity index (χ1n) is 4.36. The lowest BCUT2D eigenvalue weighted by Gasteiger charge is -2.18. The van der Waals surface area contributed by atoms with E-state index in [4.69, 9.17) is 5.73 Å². The molecule has 1 heterocycles. The summed E-state index contributed by atoms with van der Waals surface area (Å²) in [6.07, 6.45) is -0.829. The van der Waals surface area contributed by atoms with Crippen molar-refractivity contribution in [2.45, 2.75) is 10.3 Å². The highest BCUT2D eigenvalue weighted by molar-refractivity contribution is 7.91. The van der Waals surface area contributed by atoms with Crippen molar-refractivity contribution in [1.82, 2.24) is 4.31 Å². The number of sulfonamides is 1. The lowest BCUT2D eigenvalue weighted by atomic mass is 10.4. The maximum absolute atomic E-state index is 11.8. The van der Waals surface area contributed by atoms with E-state index in [1.807, 2.05) is 0 Å². The molecule has 5 nitrogen and oxygen atoms in total. The summed E-state index contributed by atoms with van der Waals surface area (Å²) < 4.78 is 25.0. The second-order valence-electron chi connectivity index (χ2n) is 3.11. The van der Waals surface area contributed by atoms with Crippen LogP contribution in [0.2, 0.25) is 0 Å².